The predicted octanol–water partition coefficient (Wildman–Crippen LogP) is 1.05. The number of allylic oxidation sites excluding steroid dienone is 1. The van der Waals surface area contributed by atoms with Crippen molar-refractivity contribution in [2.24, 2.45) is 10.2 Å². The van der Waals surface area contributed by atoms with E-state index in [1.807, 2.05) is 18.2 Å². The van der Waals surface area contributed by atoms with E-state index in [-0.39, 0.29) is 12.8 Å². The summed E-state index contributed by atoms with van der Waals surface area (Å²) in [6.45, 7) is 0.313. The van der Waals surface area contributed by atoms with Gasteiger partial charge in [0.2, 0.25) is 0 Å². The van der Waals surface area contributed by atoms with Crippen molar-refractivity contribution in [3.63, 3.8) is 0 Å². The van der Waals surface area contributed by atoms with Crippen molar-refractivity contribution in [3.8, 4) is 5.75 Å². The number of rotatable bonds is 6. The summed E-state index contributed by atoms with van der Waals surface area (Å²) in [4.78, 5) is 8.80. The maximum absolute atomic E-state index is 9.18. The van der Waals surface area contributed by atoms with Gasteiger partial charge in [0.25, 0.3) is 0 Å². The van der Waals surface area contributed by atoms with Crippen LogP contribution in [0.1, 0.15) is 11.5 Å². The van der Waals surface area contributed by atoms with Crippen molar-refractivity contribution >= 4 is 28.3 Å². The first kappa shape index (κ1) is 18.1. The molecule has 0 aromatic carbocycles. The molecule has 11 heteroatoms. The maximum Gasteiger partial charge on any atom is 0.187 e. The zero-order chi connectivity index (χ0) is 20.5. The molecule has 3 aromatic rings. The Balaban J connectivity index is 1.34. The summed E-state index contributed by atoms with van der Waals surface area (Å²) in [5.41, 5.74) is 6.45. The topological polar surface area (TPSA) is 133 Å². The lowest BCUT2D eigenvalue weighted by Gasteiger charge is -2.24. The number of hydrogen-bond donors (Lipinski definition) is 3. The Morgan fingerprint density at radius 1 is 1.30 bits per heavy atom. The van der Waals surface area contributed by atoms with Gasteiger partial charge in [0.05, 0.1) is 37.7 Å². The molecule has 0 fully saturated rings. The minimum Gasteiger partial charge on any atom is -0.495 e. The standard InChI is InChI=1S/C19H18N8O3/c1-29-12-7-15-19(22-8-12)14(4-5-20-15)21-9-18-24-23-17-3-2-13(25-27(17)18)16-6-11(10-28)26-30-16/h2-8,18,24,28H,9-10H2,1H3,(H,20,21). The van der Waals surface area contributed by atoms with Crippen LogP contribution in [0.3, 0.4) is 0 Å². The highest BCUT2D eigenvalue weighted by atomic mass is 16.5. The van der Waals surface area contributed by atoms with Crippen molar-refractivity contribution in [3.05, 3.63) is 54.2 Å². The highest BCUT2D eigenvalue weighted by molar-refractivity contribution is 6.13. The van der Waals surface area contributed by atoms with Gasteiger partial charge < -0.3 is 19.7 Å². The quantitative estimate of drug-likeness (QED) is 0.549. The number of amidine groups is 1. The Hall–Kier alpha value is -3.99. The van der Waals surface area contributed by atoms with Crippen LogP contribution in [0.2, 0.25) is 0 Å². The van der Waals surface area contributed by atoms with Gasteiger partial charge in [-0.1, -0.05) is 5.16 Å². The zero-order valence-electron chi connectivity index (χ0n) is 16.0. The highest BCUT2D eigenvalue weighted by Crippen LogP contribution is 2.23. The van der Waals surface area contributed by atoms with E-state index in [4.69, 9.17) is 9.26 Å². The molecule has 0 saturated heterocycles. The molecule has 5 heterocycles. The lowest BCUT2D eigenvalue weighted by Crippen LogP contribution is -2.42. The minimum atomic E-state index is -0.221. The van der Waals surface area contributed by atoms with Crippen LogP contribution in [-0.4, -0.2) is 56.6 Å². The average molecular weight is 406 g/mol. The number of aliphatic hydroxyl groups is 1. The number of anilines is 1. The Labute approximate surface area is 170 Å². The summed E-state index contributed by atoms with van der Waals surface area (Å²) < 4.78 is 10.5. The van der Waals surface area contributed by atoms with Gasteiger partial charge in [0, 0.05) is 18.3 Å². The van der Waals surface area contributed by atoms with Crippen LogP contribution >= 0.6 is 0 Å². The highest BCUT2D eigenvalue weighted by Gasteiger charge is 2.29. The molecule has 0 radical (unpaired) electrons. The Kier molecular flexibility index (Phi) is 4.48. The number of aliphatic hydroxyl groups excluding tert-OH is 1. The second-order valence-electron chi connectivity index (χ2n) is 6.60. The van der Waals surface area contributed by atoms with Gasteiger partial charge in [-0.15, -0.1) is 0 Å². The van der Waals surface area contributed by atoms with Crippen molar-refractivity contribution in [1.29, 1.82) is 0 Å². The van der Waals surface area contributed by atoms with E-state index in [1.165, 1.54) is 0 Å². The van der Waals surface area contributed by atoms with Crippen molar-refractivity contribution < 1.29 is 14.4 Å². The summed E-state index contributed by atoms with van der Waals surface area (Å²) in [5.74, 6) is 1.82. The third kappa shape index (κ3) is 3.20. The predicted molar refractivity (Wildman–Crippen MR) is 109 cm³/mol. The van der Waals surface area contributed by atoms with Gasteiger partial charge in [-0.3, -0.25) is 10.4 Å². The molecule has 30 heavy (non-hydrogen) atoms. The molecule has 1 atom stereocenters. The SMILES string of the molecule is COc1cnc2c(NCC3NN=C4C=CC(c5cc(CO)no5)=NN43)ccnc2c1. The molecule has 0 spiro atoms. The number of methoxy groups -OCH3 is 1. The lowest BCUT2D eigenvalue weighted by molar-refractivity contribution is 0.266. The molecular formula is C19H18N8O3. The number of nitrogens with one attached hydrogen (secondary N) is 2. The fraction of sp³-hybridized carbons (Fsp3) is 0.211. The summed E-state index contributed by atoms with van der Waals surface area (Å²) >= 11 is 0. The van der Waals surface area contributed by atoms with E-state index in [9.17, 15) is 5.11 Å². The van der Waals surface area contributed by atoms with E-state index in [1.54, 1.807) is 36.7 Å². The Bertz CT molecular complexity index is 1190. The normalized spacial score (nSPS) is 17.4. The van der Waals surface area contributed by atoms with E-state index < -0.39 is 0 Å². The summed E-state index contributed by atoms with van der Waals surface area (Å²) in [6.07, 6.45) is 6.79. The number of pyridine rings is 2. The first-order valence-corrected chi connectivity index (χ1v) is 9.24. The van der Waals surface area contributed by atoms with Crippen molar-refractivity contribution in [1.82, 2.24) is 25.6 Å². The first-order chi connectivity index (χ1) is 14.7. The molecule has 152 valence electrons. The number of hydrazone groups is 2. The van der Waals surface area contributed by atoms with E-state index in [0.717, 1.165) is 16.7 Å². The number of ether oxygens (including phenoxy) is 1. The molecule has 0 bridgehead atoms. The molecule has 5 rings (SSSR count). The molecule has 3 aromatic heterocycles. The lowest BCUT2D eigenvalue weighted by atomic mass is 10.2. The third-order valence-electron chi connectivity index (χ3n) is 4.71. The van der Waals surface area contributed by atoms with Crippen LogP contribution < -0.4 is 15.5 Å². The summed E-state index contributed by atoms with van der Waals surface area (Å²) in [5, 5.41) is 27.0. The molecule has 2 aliphatic rings. The smallest absolute Gasteiger partial charge is 0.187 e. The van der Waals surface area contributed by atoms with E-state index in [0.29, 0.717) is 35.3 Å². The van der Waals surface area contributed by atoms with Crippen LogP contribution in [-0.2, 0) is 6.61 Å². The largest absolute Gasteiger partial charge is 0.495 e. The summed E-state index contributed by atoms with van der Waals surface area (Å²) in [7, 11) is 1.60. The Morgan fingerprint density at radius 2 is 2.23 bits per heavy atom. The second-order valence-corrected chi connectivity index (χ2v) is 6.60. The van der Waals surface area contributed by atoms with Crippen LogP contribution in [0.15, 0.2) is 57.5 Å². The molecule has 0 aliphatic carbocycles. The molecular weight excluding hydrogens is 388 g/mol. The number of fused-ring (bicyclic) bond motifs is 2. The molecule has 1 unspecified atom stereocenters. The van der Waals surface area contributed by atoms with Crippen molar-refractivity contribution in [2.45, 2.75) is 12.8 Å². The number of nitrogens with zero attached hydrogens (tertiary/aromatic N) is 6. The first-order valence-electron chi connectivity index (χ1n) is 9.24. The third-order valence-corrected chi connectivity index (χ3v) is 4.71. The fourth-order valence-electron chi connectivity index (χ4n) is 3.19. The van der Waals surface area contributed by atoms with Gasteiger partial charge in [-0.2, -0.15) is 10.2 Å². The summed E-state index contributed by atoms with van der Waals surface area (Å²) in [6, 6.07) is 5.37. The van der Waals surface area contributed by atoms with Gasteiger partial charge in [0.1, 0.15) is 22.7 Å². The fourth-order valence-corrected chi connectivity index (χ4v) is 3.19. The van der Waals surface area contributed by atoms with Crippen LogP contribution in [0.25, 0.3) is 11.0 Å². The van der Waals surface area contributed by atoms with Crippen LogP contribution in [0.5, 0.6) is 5.75 Å². The van der Waals surface area contributed by atoms with E-state index in [2.05, 4.69) is 36.1 Å². The second kappa shape index (κ2) is 7.44. The molecule has 0 amide bonds. The molecule has 2 aliphatic heterocycles. The van der Waals surface area contributed by atoms with Gasteiger partial charge in [0.15, 0.2) is 17.8 Å². The van der Waals surface area contributed by atoms with Gasteiger partial charge in [-0.25, -0.2) is 9.99 Å². The van der Waals surface area contributed by atoms with Crippen LogP contribution in [0, 0.1) is 0 Å². The minimum absolute atomic E-state index is 0.190. The molecule has 11 nitrogen and oxygen atoms in total. The van der Waals surface area contributed by atoms with E-state index >= 15 is 0 Å². The zero-order valence-corrected chi connectivity index (χ0v) is 16.0. The monoisotopic (exact) mass is 406 g/mol. The van der Waals surface area contributed by atoms with Crippen molar-refractivity contribution in [2.75, 3.05) is 19.0 Å². The van der Waals surface area contributed by atoms with Gasteiger partial charge in [-0.05, 0) is 18.2 Å². The molecule has 0 saturated carbocycles. The van der Waals surface area contributed by atoms with Crippen LogP contribution in [0.4, 0.5) is 5.69 Å². The average Bonchev–Trinajstić information content (AvgIpc) is 3.43. The Morgan fingerprint density at radius 3 is 3.07 bits per heavy atom. The molecule has 3 N–H and O–H groups in total. The van der Waals surface area contributed by atoms with Gasteiger partial charge >= 0.3 is 0 Å². The maximum atomic E-state index is 9.18. The number of aromatic nitrogens is 3. The number of hydrogen-bond acceptors (Lipinski definition) is 11.